The molecule has 2 aliphatic heterocycles. The molecular weight excluding hydrogens is 807 g/mol. The highest BCUT2D eigenvalue weighted by Gasteiger charge is 2.41. The number of unbranched alkanes of at least 4 members (excludes halogenated alkanes) is 2. The third-order valence-corrected chi connectivity index (χ3v) is 14.1. The molecule has 10 nitrogen and oxygen atoms in total. The van der Waals surface area contributed by atoms with Crippen molar-refractivity contribution >= 4 is 43.7 Å². The smallest absolute Gasteiger partial charge is 0.363 e. The van der Waals surface area contributed by atoms with Gasteiger partial charge in [-0.1, -0.05) is 89.6 Å². The van der Waals surface area contributed by atoms with E-state index < -0.39 is 27.8 Å². The summed E-state index contributed by atoms with van der Waals surface area (Å²) in [6.07, 6.45) is 15.0. The van der Waals surface area contributed by atoms with Crippen molar-refractivity contribution in [2.75, 3.05) is 28.6 Å². The molecule has 0 radical (unpaired) electrons. The average Bonchev–Trinajstić information content (AvgIpc) is 3.75. The lowest BCUT2D eigenvalue weighted by atomic mass is 9.82. The van der Waals surface area contributed by atoms with Crippen LogP contribution in [0.1, 0.15) is 101 Å². The van der Waals surface area contributed by atoms with Crippen molar-refractivity contribution in [2.45, 2.75) is 95.3 Å². The minimum absolute atomic E-state index is 0.182. The van der Waals surface area contributed by atoms with Crippen molar-refractivity contribution in [1.82, 2.24) is 4.73 Å². The van der Waals surface area contributed by atoms with Crippen molar-refractivity contribution in [2.24, 2.45) is 0 Å². The van der Waals surface area contributed by atoms with Gasteiger partial charge in [0, 0.05) is 82.1 Å². The number of rotatable bonds is 13. The Balaban J connectivity index is 1.29. The summed E-state index contributed by atoms with van der Waals surface area (Å²) in [5.41, 5.74) is 9.50. The molecule has 320 valence electrons. The van der Waals surface area contributed by atoms with Crippen LogP contribution in [0.3, 0.4) is 0 Å². The van der Waals surface area contributed by atoms with E-state index in [1.807, 2.05) is 18.2 Å². The number of carbonyl (C=O) groups is 1. The van der Waals surface area contributed by atoms with Crippen LogP contribution >= 0.6 is 0 Å². The molecule has 0 unspecified atom stereocenters. The molecule has 3 N–H and O–H groups in total. The van der Waals surface area contributed by atoms with Gasteiger partial charge in [-0.05, 0) is 86.1 Å². The Morgan fingerprint density at radius 3 is 1.74 bits per heavy atom. The fourth-order valence-electron chi connectivity index (χ4n) is 8.75. The summed E-state index contributed by atoms with van der Waals surface area (Å²) in [6, 6.07) is 26.7. The Labute approximate surface area is 363 Å². The lowest BCUT2D eigenvalue weighted by molar-refractivity contribution is 0.0381. The van der Waals surface area contributed by atoms with Crippen molar-refractivity contribution in [3.8, 4) is 11.8 Å². The van der Waals surface area contributed by atoms with E-state index in [2.05, 4.69) is 111 Å². The Bertz CT molecular complexity index is 2540. The second-order valence-electron chi connectivity index (χ2n) is 17.0. The molecular formula is C49H56N3O7S2+. The maximum Gasteiger partial charge on any atom is 0.363 e. The van der Waals surface area contributed by atoms with Crippen LogP contribution in [0.15, 0.2) is 137 Å². The number of aromatic nitrogens is 1. The van der Waals surface area contributed by atoms with Gasteiger partial charge in [-0.25, -0.2) is 4.79 Å². The molecule has 1 saturated carbocycles. The van der Waals surface area contributed by atoms with Gasteiger partial charge in [-0.3, -0.25) is 4.55 Å². The third kappa shape index (κ3) is 9.27. The fourth-order valence-corrected chi connectivity index (χ4v) is 10.4. The van der Waals surface area contributed by atoms with E-state index in [0.29, 0.717) is 24.1 Å². The van der Waals surface area contributed by atoms with Crippen molar-refractivity contribution in [3.05, 3.63) is 148 Å². The van der Waals surface area contributed by atoms with E-state index in [4.69, 9.17) is 4.84 Å². The van der Waals surface area contributed by atoms with Crippen molar-refractivity contribution in [3.63, 3.8) is 0 Å². The van der Waals surface area contributed by atoms with Crippen LogP contribution in [-0.2, 0) is 32.3 Å². The summed E-state index contributed by atoms with van der Waals surface area (Å²) in [5.74, 6) is -1.77. The minimum Gasteiger partial charge on any atom is -0.492 e. The maximum atomic E-state index is 13.0. The quantitative estimate of drug-likeness (QED) is 0.0395. The summed E-state index contributed by atoms with van der Waals surface area (Å²) in [7, 11) is -4.04. The Kier molecular flexibility index (Phi) is 12.8. The SMILES string of the molecule is CCCCN1C(=C/C=C2\CCC/C(=C\C=C3N(CCCCS(=O)(=O)O)c4ccccc4C3(C)C)C2=[S+]c2ccc(C(=O)On3c(O)ccc3O)cc2)C(C)(C)c2ccccc21. The van der Waals surface area contributed by atoms with E-state index in [1.165, 1.54) is 45.8 Å². The number of para-hydroxylation sites is 2. The highest BCUT2D eigenvalue weighted by Crippen LogP contribution is 2.49. The van der Waals surface area contributed by atoms with Gasteiger partial charge in [0.1, 0.15) is 0 Å². The average molecular weight is 863 g/mol. The summed E-state index contributed by atoms with van der Waals surface area (Å²) in [4.78, 5) is 25.1. The standard InChI is InChI=1S/C49H55N3O7S2/c1-6-7-31-50-40-19-10-8-17-38(40)48(2,3)42(50)27-23-34-15-14-16-35(46(34)60-37-25-21-36(22-26-37)47(55)59-52-44(53)29-30-45(52)54)24-28-43-49(4,5)39-18-9-11-20-41(39)51(43)32-12-13-33-61(56,57)58/h8-11,17-30H,6-7,12-16,31-33H2,1-5H3,(H2-,53,54,56,57,58)/p+1/b34-23+,35-24+,42-27?,43-28?. The largest absolute Gasteiger partial charge is 0.492 e. The lowest BCUT2D eigenvalue weighted by Gasteiger charge is -2.27. The molecule has 0 atom stereocenters. The molecule has 0 bridgehead atoms. The Hall–Kier alpha value is -5.43. The summed E-state index contributed by atoms with van der Waals surface area (Å²) in [5, 5.41) is 20.0. The van der Waals surface area contributed by atoms with Crippen LogP contribution in [-0.4, -0.2) is 57.6 Å². The zero-order valence-electron chi connectivity index (χ0n) is 35.6. The van der Waals surface area contributed by atoms with Crippen LogP contribution in [0.25, 0.3) is 0 Å². The van der Waals surface area contributed by atoms with Gasteiger partial charge in [0.2, 0.25) is 32.9 Å². The number of anilines is 2. The minimum atomic E-state index is -4.04. The zero-order chi connectivity index (χ0) is 43.5. The van der Waals surface area contributed by atoms with Gasteiger partial charge >= 0.3 is 5.97 Å². The monoisotopic (exact) mass is 862 g/mol. The number of nitrogens with zero attached hydrogens (tertiary/aromatic N) is 3. The lowest BCUT2D eigenvalue weighted by Crippen LogP contribution is -2.27. The molecule has 1 aromatic heterocycles. The Morgan fingerprint density at radius 1 is 0.721 bits per heavy atom. The van der Waals surface area contributed by atoms with Gasteiger partial charge in [-0.15, -0.1) is 4.73 Å². The first-order valence-electron chi connectivity index (χ1n) is 21.1. The fraction of sp³-hybridized carbons (Fsp3) is 0.347. The normalized spacial score (nSPS) is 20.3. The topological polar surface area (TPSA) is 133 Å². The number of carbonyl (C=O) groups excluding carboxylic acids is 1. The summed E-state index contributed by atoms with van der Waals surface area (Å²) >= 11 is 1.66. The van der Waals surface area contributed by atoms with E-state index in [0.717, 1.165) is 59.8 Å². The summed E-state index contributed by atoms with van der Waals surface area (Å²) < 4.78 is 33.1. The van der Waals surface area contributed by atoms with E-state index in [9.17, 15) is 28.0 Å². The first-order chi connectivity index (χ1) is 29.1. The molecule has 3 heterocycles. The first kappa shape index (κ1) is 43.7. The molecule has 61 heavy (non-hydrogen) atoms. The number of hydrogen-bond donors (Lipinski definition) is 3. The second kappa shape index (κ2) is 17.9. The van der Waals surface area contributed by atoms with Gasteiger partial charge < -0.3 is 24.9 Å². The molecule has 7 rings (SSSR count). The highest BCUT2D eigenvalue weighted by molar-refractivity contribution is 7.85. The molecule has 4 aromatic rings. The predicted octanol–water partition coefficient (Wildman–Crippen LogP) is 9.65. The van der Waals surface area contributed by atoms with Crippen LogP contribution in [0.2, 0.25) is 0 Å². The highest BCUT2D eigenvalue weighted by atomic mass is 32.2. The molecule has 0 spiro atoms. The first-order valence-corrected chi connectivity index (χ1v) is 23.5. The number of allylic oxidation sites excluding steroid dienone is 8. The van der Waals surface area contributed by atoms with Crippen molar-refractivity contribution in [1.29, 1.82) is 0 Å². The molecule has 1 aliphatic carbocycles. The molecule has 1 fully saturated rings. The summed E-state index contributed by atoms with van der Waals surface area (Å²) in [6.45, 7) is 12.8. The van der Waals surface area contributed by atoms with Crippen LogP contribution in [0.5, 0.6) is 11.8 Å². The van der Waals surface area contributed by atoms with Crippen molar-refractivity contribution < 1.29 is 32.8 Å². The number of aromatic hydroxyl groups is 2. The maximum absolute atomic E-state index is 13.0. The second-order valence-corrected chi connectivity index (χ2v) is 19.6. The number of hydrogen-bond acceptors (Lipinski definition) is 8. The molecule has 12 heteroatoms. The van der Waals surface area contributed by atoms with E-state index in [1.54, 1.807) is 23.5 Å². The van der Waals surface area contributed by atoms with E-state index >= 15 is 0 Å². The van der Waals surface area contributed by atoms with Crippen LogP contribution in [0, 0.1) is 0 Å². The number of benzene rings is 3. The molecule has 0 amide bonds. The predicted molar refractivity (Wildman–Crippen MR) is 246 cm³/mol. The Morgan fingerprint density at radius 2 is 1.23 bits per heavy atom. The molecule has 3 aliphatic rings. The van der Waals surface area contributed by atoms with Crippen LogP contribution < -0.4 is 14.6 Å². The van der Waals surface area contributed by atoms with Gasteiger partial charge in [0.05, 0.1) is 11.3 Å². The van der Waals surface area contributed by atoms with Crippen LogP contribution in [0.4, 0.5) is 11.4 Å². The number of fused-ring (bicyclic) bond motifs is 2. The zero-order valence-corrected chi connectivity index (χ0v) is 37.2. The molecule has 0 saturated heterocycles. The van der Waals surface area contributed by atoms with E-state index in [-0.39, 0.29) is 22.1 Å². The van der Waals surface area contributed by atoms with Gasteiger partial charge in [0.15, 0.2) is 0 Å². The third-order valence-electron chi connectivity index (χ3n) is 12.0. The van der Waals surface area contributed by atoms with Gasteiger partial charge in [0.25, 0.3) is 10.1 Å². The van der Waals surface area contributed by atoms with Gasteiger partial charge in [-0.2, -0.15) is 8.42 Å². The molecule has 3 aromatic carbocycles.